The molecule has 0 unspecified atom stereocenters. The van der Waals surface area contributed by atoms with Crippen molar-refractivity contribution in [1.82, 2.24) is 0 Å². The van der Waals surface area contributed by atoms with Crippen LogP contribution in [-0.4, -0.2) is 19.2 Å². The van der Waals surface area contributed by atoms with E-state index in [4.69, 9.17) is 11.6 Å². The molecule has 0 spiro atoms. The molecule has 11 heavy (non-hydrogen) atoms. The maximum absolute atomic E-state index is 10.9. The minimum atomic E-state index is -1.41. The lowest BCUT2D eigenvalue weighted by molar-refractivity contribution is -0.113. The molecule has 0 aromatic rings. The number of alkyl halides is 1. The minimum absolute atomic E-state index is 0.172. The number of hydrogen-bond acceptors (Lipinski definition) is 1. The van der Waals surface area contributed by atoms with E-state index in [1.165, 1.54) is 0 Å². The monoisotopic (exact) mass is 188 g/mol. The van der Waals surface area contributed by atoms with Crippen molar-refractivity contribution in [3.63, 3.8) is 0 Å². The quantitative estimate of drug-likeness (QED) is 0.350. The fourth-order valence-electron chi connectivity index (χ4n) is 0.349. The second-order valence-corrected chi connectivity index (χ2v) is 8.88. The van der Waals surface area contributed by atoms with E-state index in [0.29, 0.717) is 0 Å². The van der Waals surface area contributed by atoms with E-state index in [0.717, 1.165) is 0 Å². The highest BCUT2D eigenvalue weighted by atomic mass is 35.5. The highest BCUT2D eigenvalue weighted by Crippen LogP contribution is 1.98. The van der Waals surface area contributed by atoms with Crippen molar-refractivity contribution < 1.29 is 4.79 Å². The van der Waals surface area contributed by atoms with Gasteiger partial charge in [0.1, 0.15) is 13.5 Å². The number of carbonyl (C=O) groups is 1. The van der Waals surface area contributed by atoms with Gasteiger partial charge in [0.05, 0.1) is 0 Å². The molecule has 0 radical (unpaired) electrons. The Morgan fingerprint density at radius 3 is 2.18 bits per heavy atom. The van der Waals surface area contributed by atoms with Crippen LogP contribution in [0.3, 0.4) is 0 Å². The number of rotatable bonds is 1. The summed E-state index contributed by atoms with van der Waals surface area (Å²) in [5, 5.41) is -0.473. The van der Waals surface area contributed by atoms with E-state index >= 15 is 0 Å². The number of hydrogen-bond donors (Lipinski definition) is 0. The molecule has 0 N–H and O–H groups in total. The third kappa shape index (κ3) is 6.15. The lowest BCUT2D eigenvalue weighted by atomic mass is 10.3. The Kier molecular flexibility index (Phi) is 3.84. The van der Waals surface area contributed by atoms with Crippen LogP contribution < -0.4 is 0 Å². The zero-order valence-corrected chi connectivity index (χ0v) is 9.12. The van der Waals surface area contributed by atoms with E-state index in [1.54, 1.807) is 6.92 Å². The molecule has 0 aromatic heterocycles. The van der Waals surface area contributed by atoms with Gasteiger partial charge >= 0.3 is 0 Å². The first-order valence-corrected chi connectivity index (χ1v) is 7.47. The van der Waals surface area contributed by atoms with Crippen LogP contribution >= 0.6 is 11.6 Å². The maximum Gasteiger partial charge on any atom is 0.222 e. The van der Waals surface area contributed by atoms with Gasteiger partial charge in [-0.15, -0.1) is 17.1 Å². The molecule has 0 aliphatic carbocycles. The van der Waals surface area contributed by atoms with Crippen molar-refractivity contribution in [1.29, 1.82) is 0 Å². The predicted molar refractivity (Wildman–Crippen MR) is 51.4 cm³/mol. The van der Waals surface area contributed by atoms with E-state index in [-0.39, 0.29) is 5.78 Å². The van der Waals surface area contributed by atoms with Crippen LogP contribution in [0.5, 0.6) is 0 Å². The molecule has 0 fully saturated rings. The first-order valence-electron chi connectivity index (χ1n) is 3.54. The maximum atomic E-state index is 10.9. The second kappa shape index (κ2) is 3.94. The van der Waals surface area contributed by atoms with Gasteiger partial charge in [-0.25, -0.2) is 0 Å². The third-order valence-electron chi connectivity index (χ3n) is 0.922. The smallest absolute Gasteiger partial charge is 0.222 e. The van der Waals surface area contributed by atoms with E-state index < -0.39 is 13.5 Å². The van der Waals surface area contributed by atoms with E-state index in [2.05, 4.69) is 31.1 Å². The first-order chi connectivity index (χ1) is 4.83. The van der Waals surface area contributed by atoms with Crippen molar-refractivity contribution >= 4 is 25.5 Å². The zero-order chi connectivity index (χ0) is 9.07. The predicted octanol–water partition coefficient (Wildman–Crippen LogP) is 2.06. The van der Waals surface area contributed by atoms with Gasteiger partial charge in [0.15, 0.2) is 0 Å². The molecule has 0 amide bonds. The molecular weight excluding hydrogens is 176 g/mol. The molecule has 0 aromatic carbocycles. The Morgan fingerprint density at radius 2 is 1.91 bits per heavy atom. The Balaban J connectivity index is 4.20. The van der Waals surface area contributed by atoms with Crippen LogP contribution in [0.4, 0.5) is 0 Å². The minimum Gasteiger partial charge on any atom is -0.283 e. The largest absolute Gasteiger partial charge is 0.283 e. The number of halogens is 1. The fraction of sp³-hybridized carbons (Fsp3) is 0.625. The summed E-state index contributed by atoms with van der Waals surface area (Å²) >= 11 is 5.52. The summed E-state index contributed by atoms with van der Waals surface area (Å²) in [7, 11) is -1.41. The van der Waals surface area contributed by atoms with Gasteiger partial charge in [-0.3, -0.25) is 4.79 Å². The molecule has 1 nitrogen and oxygen atoms in total. The summed E-state index contributed by atoms with van der Waals surface area (Å²) in [4.78, 5) is 10.9. The van der Waals surface area contributed by atoms with Crippen LogP contribution in [0.2, 0.25) is 19.6 Å². The Bertz CT molecular complexity index is 204. The lowest BCUT2D eigenvalue weighted by Gasteiger charge is -2.02. The molecule has 3 heteroatoms. The summed E-state index contributed by atoms with van der Waals surface area (Å²) < 4.78 is 0. The summed E-state index contributed by atoms with van der Waals surface area (Å²) in [6.07, 6.45) is 0. The molecule has 0 rings (SSSR count). The lowest BCUT2D eigenvalue weighted by Crippen LogP contribution is -2.18. The molecule has 0 aliphatic rings. The van der Waals surface area contributed by atoms with E-state index in [9.17, 15) is 4.79 Å². The summed E-state index contributed by atoms with van der Waals surface area (Å²) in [6, 6.07) is 0. The van der Waals surface area contributed by atoms with Crippen molar-refractivity contribution in [2.75, 3.05) is 0 Å². The van der Waals surface area contributed by atoms with E-state index in [1.807, 2.05) is 0 Å². The van der Waals surface area contributed by atoms with Gasteiger partial charge in [-0.05, 0) is 12.8 Å². The van der Waals surface area contributed by atoms with Crippen molar-refractivity contribution in [2.24, 2.45) is 0 Å². The average Bonchev–Trinajstić information content (AvgIpc) is 1.80. The van der Waals surface area contributed by atoms with Crippen LogP contribution in [0, 0.1) is 11.5 Å². The summed E-state index contributed by atoms with van der Waals surface area (Å²) in [5.41, 5.74) is 2.96. The Hall–Kier alpha value is -0.263. The van der Waals surface area contributed by atoms with Gasteiger partial charge in [0, 0.05) is 0 Å². The van der Waals surface area contributed by atoms with Crippen LogP contribution in [0.15, 0.2) is 0 Å². The number of Topliss-reactive ketones (excluding diaryl/α,β-unsaturated/α-hetero) is 1. The van der Waals surface area contributed by atoms with Gasteiger partial charge in [-0.1, -0.05) is 19.6 Å². The molecule has 0 bridgehead atoms. The van der Waals surface area contributed by atoms with Gasteiger partial charge < -0.3 is 0 Å². The van der Waals surface area contributed by atoms with Crippen molar-refractivity contribution in [3.8, 4) is 11.5 Å². The molecule has 1 atom stereocenters. The summed E-state index contributed by atoms with van der Waals surface area (Å²) in [5.74, 6) is 2.39. The topological polar surface area (TPSA) is 17.1 Å². The van der Waals surface area contributed by atoms with Crippen LogP contribution in [0.25, 0.3) is 0 Å². The molecular formula is C8H13ClOSi. The molecule has 62 valence electrons. The average molecular weight is 189 g/mol. The molecule has 0 saturated carbocycles. The van der Waals surface area contributed by atoms with Gasteiger partial charge in [0.2, 0.25) is 5.78 Å². The second-order valence-electron chi connectivity index (χ2n) is 3.48. The van der Waals surface area contributed by atoms with Crippen LogP contribution in [-0.2, 0) is 4.79 Å². The third-order valence-corrected chi connectivity index (χ3v) is 2.00. The van der Waals surface area contributed by atoms with Gasteiger partial charge in [0.25, 0.3) is 0 Å². The molecule has 0 aliphatic heterocycles. The molecule has 0 heterocycles. The normalized spacial score (nSPS) is 13.2. The first kappa shape index (κ1) is 10.7. The summed E-state index contributed by atoms with van der Waals surface area (Å²) in [6.45, 7) is 7.91. The van der Waals surface area contributed by atoms with Crippen molar-refractivity contribution in [2.45, 2.75) is 31.9 Å². The van der Waals surface area contributed by atoms with Crippen LogP contribution in [0.1, 0.15) is 6.92 Å². The van der Waals surface area contributed by atoms with Crippen molar-refractivity contribution in [3.05, 3.63) is 0 Å². The highest BCUT2D eigenvalue weighted by Gasteiger charge is 2.10. The Labute approximate surface area is 74.1 Å². The standard InChI is InChI=1S/C8H13ClOSi/c1-7(9)8(10)5-6-11(2,3)4/h7H,1-4H3/t7-/m1/s1. The number of carbonyl (C=O) groups excluding carboxylic acids is 1. The SMILES string of the molecule is C[C@@H](Cl)C(=O)C#C[Si](C)(C)C. The zero-order valence-electron chi connectivity index (χ0n) is 7.36. The Morgan fingerprint density at radius 1 is 1.45 bits per heavy atom. The highest BCUT2D eigenvalue weighted by molar-refractivity contribution is 6.84. The fourth-order valence-corrected chi connectivity index (χ4v) is 0.901. The molecule has 0 saturated heterocycles. The van der Waals surface area contributed by atoms with Gasteiger partial charge in [-0.2, -0.15) is 0 Å². The number of ketones is 1.